The summed E-state index contributed by atoms with van der Waals surface area (Å²) >= 11 is 0. The van der Waals surface area contributed by atoms with Crippen LogP contribution in [0.5, 0.6) is 5.75 Å². The maximum absolute atomic E-state index is 8.45. The first-order valence-electron chi connectivity index (χ1n) is 4.52. The third-order valence-electron chi connectivity index (χ3n) is 2.28. The molecular formula is C10H13NO2. The second-order valence-corrected chi connectivity index (χ2v) is 3.20. The van der Waals surface area contributed by atoms with Gasteiger partial charge in [-0.2, -0.15) is 0 Å². The van der Waals surface area contributed by atoms with Crippen molar-refractivity contribution >= 4 is 0 Å². The van der Waals surface area contributed by atoms with Gasteiger partial charge >= 0.3 is 0 Å². The fourth-order valence-electron chi connectivity index (χ4n) is 1.60. The van der Waals surface area contributed by atoms with Crippen LogP contribution in [-0.2, 0) is 12.8 Å². The van der Waals surface area contributed by atoms with Crippen LogP contribution in [0.3, 0.4) is 0 Å². The summed E-state index contributed by atoms with van der Waals surface area (Å²) in [6.45, 7) is 1.40. The molecule has 0 aromatic heterocycles. The quantitative estimate of drug-likeness (QED) is 0.684. The minimum atomic E-state index is 0.597. The highest BCUT2D eigenvalue weighted by molar-refractivity contribution is 5.39. The number of benzene rings is 1. The molecule has 2 rings (SSSR count). The smallest absolute Gasteiger partial charge is 0.122 e. The molecule has 0 saturated carbocycles. The van der Waals surface area contributed by atoms with Gasteiger partial charge < -0.3 is 9.94 Å². The van der Waals surface area contributed by atoms with Gasteiger partial charge in [-0.15, -0.1) is 0 Å². The molecule has 2 N–H and O–H groups in total. The van der Waals surface area contributed by atoms with Gasteiger partial charge in [0, 0.05) is 13.0 Å². The van der Waals surface area contributed by atoms with Gasteiger partial charge in [0.05, 0.1) is 6.61 Å². The Morgan fingerprint density at radius 2 is 2.38 bits per heavy atom. The van der Waals surface area contributed by atoms with Gasteiger partial charge in [-0.1, -0.05) is 12.1 Å². The van der Waals surface area contributed by atoms with Crippen LogP contribution in [0.4, 0.5) is 0 Å². The molecule has 3 nitrogen and oxygen atoms in total. The Bertz CT molecular complexity index is 299. The lowest BCUT2D eigenvalue weighted by molar-refractivity contribution is 0.168. The second-order valence-electron chi connectivity index (χ2n) is 3.20. The van der Waals surface area contributed by atoms with Gasteiger partial charge in [0.1, 0.15) is 5.75 Å². The van der Waals surface area contributed by atoms with E-state index < -0.39 is 0 Å². The van der Waals surface area contributed by atoms with E-state index in [1.54, 1.807) is 0 Å². The lowest BCUT2D eigenvalue weighted by Crippen LogP contribution is -2.11. The van der Waals surface area contributed by atoms with Gasteiger partial charge in [-0.05, 0) is 23.6 Å². The summed E-state index contributed by atoms with van der Waals surface area (Å²) in [6.07, 6.45) is 1.86. The zero-order chi connectivity index (χ0) is 9.10. The fraction of sp³-hybridized carbons (Fsp3) is 0.400. The molecule has 0 fully saturated rings. The molecule has 0 aliphatic carbocycles. The lowest BCUT2D eigenvalue weighted by atomic mass is 10.1. The van der Waals surface area contributed by atoms with E-state index in [-0.39, 0.29) is 0 Å². The standard InChI is InChI=1S/C10H13NO2/c12-11-5-3-8-1-2-10-9(7-8)4-6-13-10/h1-2,7,11-12H,3-6H2. The minimum Gasteiger partial charge on any atom is -0.493 e. The van der Waals surface area contributed by atoms with E-state index in [0.717, 1.165) is 25.2 Å². The number of nitrogens with one attached hydrogen (secondary N) is 1. The molecule has 1 aliphatic rings. The first kappa shape index (κ1) is 8.53. The van der Waals surface area contributed by atoms with Crippen LogP contribution in [0.25, 0.3) is 0 Å². The molecule has 0 unspecified atom stereocenters. The number of rotatable bonds is 3. The Labute approximate surface area is 77.3 Å². The highest BCUT2D eigenvalue weighted by Gasteiger charge is 2.11. The molecule has 1 aromatic carbocycles. The molecule has 70 valence electrons. The normalized spacial score (nSPS) is 13.9. The third-order valence-corrected chi connectivity index (χ3v) is 2.28. The monoisotopic (exact) mass is 179 g/mol. The van der Waals surface area contributed by atoms with Crippen molar-refractivity contribution in [3.05, 3.63) is 29.3 Å². The highest BCUT2D eigenvalue weighted by atomic mass is 16.5. The van der Waals surface area contributed by atoms with Crippen molar-refractivity contribution in [3.63, 3.8) is 0 Å². The van der Waals surface area contributed by atoms with Crippen molar-refractivity contribution in [2.45, 2.75) is 12.8 Å². The van der Waals surface area contributed by atoms with Crippen molar-refractivity contribution in [3.8, 4) is 5.75 Å². The number of ether oxygens (including phenoxy) is 1. The average molecular weight is 179 g/mol. The summed E-state index contributed by atoms with van der Waals surface area (Å²) in [7, 11) is 0. The van der Waals surface area contributed by atoms with Gasteiger partial charge in [0.2, 0.25) is 0 Å². The van der Waals surface area contributed by atoms with Gasteiger partial charge in [-0.3, -0.25) is 0 Å². The molecule has 0 radical (unpaired) electrons. The minimum absolute atomic E-state index is 0.597. The van der Waals surface area contributed by atoms with Gasteiger partial charge in [-0.25, -0.2) is 5.48 Å². The maximum atomic E-state index is 8.45. The SMILES string of the molecule is ONCCc1ccc2c(c1)CCO2. The van der Waals surface area contributed by atoms with Crippen molar-refractivity contribution in [1.82, 2.24) is 5.48 Å². The molecule has 1 heterocycles. The lowest BCUT2D eigenvalue weighted by Gasteiger charge is -2.02. The van der Waals surface area contributed by atoms with Gasteiger partial charge in [0.25, 0.3) is 0 Å². The number of hydrogen-bond donors (Lipinski definition) is 2. The Balaban J connectivity index is 2.12. The van der Waals surface area contributed by atoms with E-state index in [2.05, 4.69) is 11.5 Å². The van der Waals surface area contributed by atoms with E-state index in [1.165, 1.54) is 11.1 Å². The van der Waals surface area contributed by atoms with Crippen molar-refractivity contribution in [1.29, 1.82) is 0 Å². The summed E-state index contributed by atoms with van der Waals surface area (Å²) in [5.41, 5.74) is 4.68. The Hall–Kier alpha value is -1.06. The molecule has 0 saturated heterocycles. The average Bonchev–Trinajstić information content (AvgIpc) is 2.61. The maximum Gasteiger partial charge on any atom is 0.122 e. The summed E-state index contributed by atoms with van der Waals surface area (Å²) in [4.78, 5) is 0. The molecule has 13 heavy (non-hydrogen) atoms. The zero-order valence-electron chi connectivity index (χ0n) is 7.42. The van der Waals surface area contributed by atoms with Crippen LogP contribution in [0.15, 0.2) is 18.2 Å². The molecule has 1 aromatic rings. The number of fused-ring (bicyclic) bond motifs is 1. The summed E-state index contributed by atoms with van der Waals surface area (Å²) in [6, 6.07) is 6.20. The predicted molar refractivity (Wildman–Crippen MR) is 49.1 cm³/mol. The van der Waals surface area contributed by atoms with Crippen LogP contribution < -0.4 is 10.2 Å². The summed E-state index contributed by atoms with van der Waals surface area (Å²) in [5.74, 6) is 1.01. The predicted octanol–water partition coefficient (Wildman–Crippen LogP) is 1.14. The van der Waals surface area contributed by atoms with E-state index in [9.17, 15) is 0 Å². The van der Waals surface area contributed by atoms with E-state index >= 15 is 0 Å². The van der Waals surface area contributed by atoms with Crippen LogP contribution >= 0.6 is 0 Å². The highest BCUT2D eigenvalue weighted by Crippen LogP contribution is 2.25. The first-order chi connectivity index (χ1) is 6.40. The van der Waals surface area contributed by atoms with E-state index in [4.69, 9.17) is 9.94 Å². The van der Waals surface area contributed by atoms with E-state index in [0.29, 0.717) is 6.54 Å². The van der Waals surface area contributed by atoms with Crippen LogP contribution in [0.1, 0.15) is 11.1 Å². The Morgan fingerprint density at radius 1 is 1.46 bits per heavy atom. The van der Waals surface area contributed by atoms with E-state index in [1.807, 2.05) is 12.1 Å². The second kappa shape index (κ2) is 3.77. The van der Waals surface area contributed by atoms with Crippen LogP contribution in [-0.4, -0.2) is 18.4 Å². The Kier molecular flexibility index (Phi) is 2.47. The first-order valence-corrected chi connectivity index (χ1v) is 4.52. The van der Waals surface area contributed by atoms with Crippen molar-refractivity contribution < 1.29 is 9.94 Å². The third kappa shape index (κ3) is 1.82. The van der Waals surface area contributed by atoms with Crippen molar-refractivity contribution in [2.75, 3.05) is 13.2 Å². The molecule has 0 spiro atoms. The molecule has 1 aliphatic heterocycles. The fourth-order valence-corrected chi connectivity index (χ4v) is 1.60. The van der Waals surface area contributed by atoms with Crippen molar-refractivity contribution in [2.24, 2.45) is 0 Å². The molecule has 3 heteroatoms. The number of hydrogen-bond acceptors (Lipinski definition) is 3. The topological polar surface area (TPSA) is 41.5 Å². The number of hydroxylamine groups is 1. The van der Waals surface area contributed by atoms with Crippen LogP contribution in [0, 0.1) is 0 Å². The molecular weight excluding hydrogens is 166 g/mol. The summed E-state index contributed by atoms with van der Waals surface area (Å²) in [5, 5.41) is 8.45. The van der Waals surface area contributed by atoms with Gasteiger partial charge in [0.15, 0.2) is 0 Å². The van der Waals surface area contributed by atoms with Crippen LogP contribution in [0.2, 0.25) is 0 Å². The summed E-state index contributed by atoms with van der Waals surface area (Å²) < 4.78 is 5.39. The molecule has 0 amide bonds. The largest absolute Gasteiger partial charge is 0.493 e. The Morgan fingerprint density at radius 3 is 3.23 bits per heavy atom. The molecule has 0 bridgehead atoms. The molecule has 0 atom stereocenters. The zero-order valence-corrected chi connectivity index (χ0v) is 7.42.